The van der Waals surface area contributed by atoms with Gasteiger partial charge in [-0.1, -0.05) is 26.0 Å². The van der Waals surface area contributed by atoms with E-state index in [1.807, 2.05) is 0 Å². The summed E-state index contributed by atoms with van der Waals surface area (Å²) >= 11 is 0. The Kier molecular flexibility index (Phi) is 6.54. The monoisotopic (exact) mass is 254 g/mol. The second kappa shape index (κ2) is 7.95. The number of benzene rings is 1. The molecule has 0 heterocycles. The van der Waals surface area contributed by atoms with Crippen LogP contribution in [0.25, 0.3) is 0 Å². The highest BCUT2D eigenvalue weighted by Crippen LogP contribution is 2.07. The van der Waals surface area contributed by atoms with Crippen molar-refractivity contribution in [1.29, 1.82) is 0 Å². The minimum absolute atomic E-state index is 0.0700. The second-order valence-corrected chi connectivity index (χ2v) is 4.42. The third-order valence-corrected chi connectivity index (χ3v) is 2.23. The number of ether oxygens (including phenoxy) is 2. The van der Waals surface area contributed by atoms with E-state index in [0.29, 0.717) is 25.7 Å². The molecule has 0 amide bonds. The Morgan fingerprint density at radius 3 is 2.56 bits per heavy atom. The largest absolute Gasteiger partial charge is 0.379 e. The Hall–Kier alpha value is -1.26. The number of hydrogen-bond acceptors (Lipinski definition) is 3. The minimum Gasteiger partial charge on any atom is -0.379 e. The van der Waals surface area contributed by atoms with Gasteiger partial charge in [0.1, 0.15) is 12.4 Å². The molecule has 0 aromatic heterocycles. The fraction of sp³-hybridized carbons (Fsp3) is 0.500. The van der Waals surface area contributed by atoms with Gasteiger partial charge in [0, 0.05) is 6.61 Å². The van der Waals surface area contributed by atoms with Crippen molar-refractivity contribution in [2.75, 3.05) is 26.4 Å². The number of halogens is 1. The van der Waals surface area contributed by atoms with Gasteiger partial charge in [-0.05, 0) is 18.1 Å². The van der Waals surface area contributed by atoms with Crippen LogP contribution in [0, 0.1) is 11.7 Å². The molecule has 1 aromatic rings. The van der Waals surface area contributed by atoms with E-state index in [9.17, 15) is 9.18 Å². The predicted molar refractivity (Wildman–Crippen MR) is 67.2 cm³/mol. The van der Waals surface area contributed by atoms with Crippen molar-refractivity contribution in [3.63, 3.8) is 0 Å². The zero-order chi connectivity index (χ0) is 13.4. The number of ketones is 1. The lowest BCUT2D eigenvalue weighted by Crippen LogP contribution is -2.14. The van der Waals surface area contributed by atoms with Gasteiger partial charge in [0.15, 0.2) is 5.78 Å². The van der Waals surface area contributed by atoms with Gasteiger partial charge in [-0.3, -0.25) is 4.79 Å². The van der Waals surface area contributed by atoms with Crippen molar-refractivity contribution in [3.8, 4) is 0 Å². The van der Waals surface area contributed by atoms with Crippen molar-refractivity contribution < 1.29 is 18.7 Å². The van der Waals surface area contributed by atoms with Crippen LogP contribution in [0.3, 0.4) is 0 Å². The van der Waals surface area contributed by atoms with Gasteiger partial charge in [0.05, 0.1) is 18.8 Å². The van der Waals surface area contributed by atoms with Gasteiger partial charge in [0.2, 0.25) is 0 Å². The van der Waals surface area contributed by atoms with Crippen LogP contribution in [0.2, 0.25) is 0 Å². The van der Waals surface area contributed by atoms with Gasteiger partial charge in [-0.15, -0.1) is 0 Å². The lowest BCUT2D eigenvalue weighted by atomic mass is 10.1. The Labute approximate surface area is 107 Å². The molecule has 0 fully saturated rings. The third kappa shape index (κ3) is 5.38. The van der Waals surface area contributed by atoms with Crippen LogP contribution in [0.4, 0.5) is 4.39 Å². The first-order chi connectivity index (χ1) is 8.61. The molecule has 4 heteroatoms. The molecule has 0 aliphatic carbocycles. The van der Waals surface area contributed by atoms with Crippen LogP contribution in [0.15, 0.2) is 24.3 Å². The molecule has 0 spiro atoms. The highest BCUT2D eigenvalue weighted by molar-refractivity contribution is 5.97. The molecular weight excluding hydrogens is 235 g/mol. The molecular formula is C14H19FO3. The zero-order valence-electron chi connectivity index (χ0n) is 10.8. The van der Waals surface area contributed by atoms with Gasteiger partial charge < -0.3 is 9.47 Å². The van der Waals surface area contributed by atoms with E-state index in [1.165, 1.54) is 12.1 Å². The highest BCUT2D eigenvalue weighted by Gasteiger charge is 2.10. The van der Waals surface area contributed by atoms with E-state index >= 15 is 0 Å². The molecule has 0 atom stereocenters. The average Bonchev–Trinajstić information content (AvgIpc) is 2.33. The van der Waals surface area contributed by atoms with Crippen molar-refractivity contribution in [2.24, 2.45) is 5.92 Å². The van der Waals surface area contributed by atoms with Gasteiger partial charge >= 0.3 is 0 Å². The van der Waals surface area contributed by atoms with Crippen LogP contribution < -0.4 is 0 Å². The molecule has 0 N–H and O–H groups in total. The lowest BCUT2D eigenvalue weighted by Gasteiger charge is -2.07. The Morgan fingerprint density at radius 1 is 1.22 bits per heavy atom. The molecule has 0 radical (unpaired) electrons. The SMILES string of the molecule is CC(C)COCCOCC(=O)c1ccccc1F. The predicted octanol–water partition coefficient (Wildman–Crippen LogP) is 2.70. The first kappa shape index (κ1) is 14.8. The molecule has 100 valence electrons. The molecule has 0 unspecified atom stereocenters. The summed E-state index contributed by atoms with van der Waals surface area (Å²) in [7, 11) is 0. The average molecular weight is 254 g/mol. The molecule has 0 aliphatic heterocycles. The normalized spacial score (nSPS) is 10.9. The maximum atomic E-state index is 13.3. The van der Waals surface area contributed by atoms with Crippen LogP contribution in [-0.2, 0) is 9.47 Å². The molecule has 0 aliphatic rings. The Bertz CT molecular complexity index is 377. The van der Waals surface area contributed by atoms with Crippen molar-refractivity contribution in [1.82, 2.24) is 0 Å². The summed E-state index contributed by atoms with van der Waals surface area (Å²) in [5, 5.41) is 0. The van der Waals surface area contributed by atoms with E-state index < -0.39 is 5.82 Å². The summed E-state index contributed by atoms with van der Waals surface area (Å²) in [5.41, 5.74) is 0.0700. The summed E-state index contributed by atoms with van der Waals surface area (Å²) in [4.78, 5) is 11.6. The van der Waals surface area contributed by atoms with Crippen LogP contribution in [0.5, 0.6) is 0 Å². The third-order valence-electron chi connectivity index (χ3n) is 2.23. The minimum atomic E-state index is -0.512. The topological polar surface area (TPSA) is 35.5 Å². The summed E-state index contributed by atoms with van der Waals surface area (Å²) in [6.07, 6.45) is 0. The smallest absolute Gasteiger partial charge is 0.191 e. The number of carbonyl (C=O) groups is 1. The standard InChI is InChI=1S/C14H19FO3/c1-11(2)9-17-7-8-18-10-14(16)12-5-3-4-6-13(12)15/h3-6,11H,7-10H2,1-2H3. The maximum Gasteiger partial charge on any atom is 0.191 e. The lowest BCUT2D eigenvalue weighted by molar-refractivity contribution is 0.0362. The van der Waals surface area contributed by atoms with E-state index in [0.717, 1.165) is 0 Å². The Balaban J connectivity index is 2.20. The number of hydrogen-bond donors (Lipinski definition) is 0. The van der Waals surface area contributed by atoms with Gasteiger partial charge in [0.25, 0.3) is 0 Å². The van der Waals surface area contributed by atoms with E-state index in [1.54, 1.807) is 12.1 Å². The van der Waals surface area contributed by atoms with Crippen molar-refractivity contribution in [3.05, 3.63) is 35.6 Å². The maximum absolute atomic E-state index is 13.3. The fourth-order valence-electron chi connectivity index (χ4n) is 1.37. The second-order valence-electron chi connectivity index (χ2n) is 4.42. The van der Waals surface area contributed by atoms with Crippen LogP contribution in [-0.4, -0.2) is 32.2 Å². The summed E-state index contributed by atoms with van der Waals surface area (Å²) < 4.78 is 23.7. The van der Waals surface area contributed by atoms with E-state index in [2.05, 4.69) is 13.8 Å². The molecule has 1 aromatic carbocycles. The van der Waals surface area contributed by atoms with Crippen LogP contribution >= 0.6 is 0 Å². The molecule has 18 heavy (non-hydrogen) atoms. The molecule has 0 saturated heterocycles. The number of Topliss-reactive ketones (excluding diaryl/α,β-unsaturated/α-hetero) is 1. The molecule has 0 bridgehead atoms. The first-order valence-corrected chi connectivity index (χ1v) is 6.04. The first-order valence-electron chi connectivity index (χ1n) is 6.04. The highest BCUT2D eigenvalue weighted by atomic mass is 19.1. The van der Waals surface area contributed by atoms with Crippen molar-refractivity contribution in [2.45, 2.75) is 13.8 Å². The summed E-state index contributed by atoms with van der Waals surface area (Å²) in [6.45, 7) is 5.46. The number of carbonyl (C=O) groups excluding carboxylic acids is 1. The van der Waals surface area contributed by atoms with E-state index in [4.69, 9.17) is 9.47 Å². The quantitative estimate of drug-likeness (QED) is 0.528. The summed E-state index contributed by atoms with van der Waals surface area (Å²) in [5.74, 6) is -0.385. The molecule has 0 saturated carbocycles. The van der Waals surface area contributed by atoms with E-state index in [-0.39, 0.29) is 18.0 Å². The zero-order valence-corrected chi connectivity index (χ0v) is 10.8. The van der Waals surface area contributed by atoms with Gasteiger partial charge in [-0.25, -0.2) is 4.39 Å². The van der Waals surface area contributed by atoms with Gasteiger partial charge in [-0.2, -0.15) is 0 Å². The summed E-state index contributed by atoms with van der Waals surface area (Å²) in [6, 6.07) is 5.89. The fourth-order valence-corrected chi connectivity index (χ4v) is 1.37. The Morgan fingerprint density at radius 2 is 1.89 bits per heavy atom. The molecule has 1 rings (SSSR count). The van der Waals surface area contributed by atoms with Crippen molar-refractivity contribution >= 4 is 5.78 Å². The number of rotatable bonds is 8. The van der Waals surface area contributed by atoms with Crippen LogP contribution in [0.1, 0.15) is 24.2 Å². The molecule has 3 nitrogen and oxygen atoms in total.